The van der Waals surface area contributed by atoms with Gasteiger partial charge in [0.2, 0.25) is 0 Å². The minimum Gasteiger partial charge on any atom is -0.370 e. The first-order valence-corrected chi connectivity index (χ1v) is 6.64. The Morgan fingerprint density at radius 3 is 2.26 bits per heavy atom. The van der Waals surface area contributed by atoms with Gasteiger partial charge in [-0.2, -0.15) is 5.26 Å². The van der Waals surface area contributed by atoms with Gasteiger partial charge in [-0.25, -0.2) is 0 Å². The molecular weight excluding hydrogens is 232 g/mol. The SMILES string of the molecule is N#CC(Nc1ccccc1)C1CC1c1ccccc1. The summed E-state index contributed by atoms with van der Waals surface area (Å²) in [5.74, 6) is 0.953. The number of para-hydroxylation sites is 1. The first kappa shape index (κ1) is 11.8. The maximum absolute atomic E-state index is 9.35. The average Bonchev–Trinajstić information content (AvgIpc) is 3.27. The Hall–Kier alpha value is -2.27. The number of hydrogen-bond donors (Lipinski definition) is 1. The Morgan fingerprint density at radius 1 is 1.00 bits per heavy atom. The molecule has 0 aromatic heterocycles. The van der Waals surface area contributed by atoms with Crippen molar-refractivity contribution in [2.45, 2.75) is 18.4 Å². The van der Waals surface area contributed by atoms with Crippen LogP contribution >= 0.6 is 0 Å². The van der Waals surface area contributed by atoms with E-state index in [9.17, 15) is 5.26 Å². The Labute approximate surface area is 113 Å². The zero-order valence-electron chi connectivity index (χ0n) is 10.7. The molecule has 1 N–H and O–H groups in total. The first-order valence-electron chi connectivity index (χ1n) is 6.64. The summed E-state index contributed by atoms with van der Waals surface area (Å²) >= 11 is 0. The molecule has 3 unspecified atom stereocenters. The zero-order chi connectivity index (χ0) is 13.1. The number of anilines is 1. The molecule has 0 amide bonds. The normalized spacial score (nSPS) is 22.3. The third-order valence-electron chi connectivity index (χ3n) is 3.73. The van der Waals surface area contributed by atoms with Crippen molar-refractivity contribution in [3.63, 3.8) is 0 Å². The summed E-state index contributed by atoms with van der Waals surface area (Å²) in [7, 11) is 0. The molecule has 0 radical (unpaired) electrons. The van der Waals surface area contributed by atoms with Gasteiger partial charge in [0, 0.05) is 5.69 Å². The maximum atomic E-state index is 9.35. The van der Waals surface area contributed by atoms with Gasteiger partial charge < -0.3 is 5.32 Å². The Balaban J connectivity index is 1.68. The molecule has 2 aromatic rings. The maximum Gasteiger partial charge on any atom is 0.117 e. The van der Waals surface area contributed by atoms with E-state index in [1.807, 2.05) is 36.4 Å². The monoisotopic (exact) mass is 248 g/mol. The number of nitrogens with one attached hydrogen (secondary N) is 1. The highest BCUT2D eigenvalue weighted by Gasteiger charge is 2.44. The van der Waals surface area contributed by atoms with E-state index in [1.54, 1.807) is 0 Å². The minimum atomic E-state index is -0.104. The summed E-state index contributed by atoms with van der Waals surface area (Å²) < 4.78 is 0. The number of nitriles is 1. The van der Waals surface area contributed by atoms with E-state index in [1.165, 1.54) is 5.56 Å². The van der Waals surface area contributed by atoms with Gasteiger partial charge in [0.25, 0.3) is 0 Å². The van der Waals surface area contributed by atoms with Crippen molar-refractivity contribution in [3.8, 4) is 6.07 Å². The minimum absolute atomic E-state index is 0.104. The first-order chi connectivity index (χ1) is 9.38. The van der Waals surface area contributed by atoms with Crippen LogP contribution in [0.25, 0.3) is 0 Å². The fraction of sp³-hybridized carbons (Fsp3) is 0.235. The van der Waals surface area contributed by atoms with Gasteiger partial charge in [-0.05, 0) is 36.0 Å². The molecule has 0 aliphatic heterocycles. The van der Waals surface area contributed by atoms with Crippen LogP contribution < -0.4 is 5.32 Å². The van der Waals surface area contributed by atoms with Crippen LogP contribution in [0.3, 0.4) is 0 Å². The zero-order valence-corrected chi connectivity index (χ0v) is 10.7. The van der Waals surface area contributed by atoms with E-state index in [0.29, 0.717) is 11.8 Å². The van der Waals surface area contributed by atoms with Crippen LogP contribution in [0.1, 0.15) is 17.9 Å². The van der Waals surface area contributed by atoms with Crippen molar-refractivity contribution in [1.29, 1.82) is 5.26 Å². The highest BCUT2D eigenvalue weighted by Crippen LogP contribution is 2.49. The standard InChI is InChI=1S/C17H16N2/c18-12-17(19-14-9-5-2-6-10-14)16-11-15(16)13-7-3-1-4-8-13/h1-10,15-17,19H,11H2. The predicted molar refractivity (Wildman–Crippen MR) is 76.8 cm³/mol. The molecule has 0 saturated heterocycles. The molecule has 0 spiro atoms. The van der Waals surface area contributed by atoms with E-state index >= 15 is 0 Å². The summed E-state index contributed by atoms with van der Waals surface area (Å²) in [6.07, 6.45) is 1.10. The van der Waals surface area contributed by atoms with Crippen molar-refractivity contribution in [2.75, 3.05) is 5.32 Å². The summed E-state index contributed by atoms with van der Waals surface area (Å²) in [6.45, 7) is 0. The largest absolute Gasteiger partial charge is 0.370 e. The van der Waals surface area contributed by atoms with Gasteiger partial charge >= 0.3 is 0 Å². The number of nitrogens with zero attached hydrogens (tertiary/aromatic N) is 1. The van der Waals surface area contributed by atoms with E-state index in [0.717, 1.165) is 12.1 Å². The molecule has 3 rings (SSSR count). The molecule has 2 aromatic carbocycles. The Morgan fingerprint density at radius 2 is 1.63 bits per heavy atom. The Bertz CT molecular complexity index is 571. The molecule has 94 valence electrons. The summed E-state index contributed by atoms with van der Waals surface area (Å²) in [4.78, 5) is 0. The fourth-order valence-electron chi connectivity index (χ4n) is 2.62. The second-order valence-corrected chi connectivity index (χ2v) is 5.03. The van der Waals surface area contributed by atoms with Gasteiger partial charge in [-0.3, -0.25) is 0 Å². The van der Waals surface area contributed by atoms with Gasteiger partial charge in [-0.1, -0.05) is 48.5 Å². The highest BCUT2D eigenvalue weighted by atomic mass is 14.9. The molecule has 0 bridgehead atoms. The molecule has 19 heavy (non-hydrogen) atoms. The smallest absolute Gasteiger partial charge is 0.117 e. The highest BCUT2D eigenvalue weighted by molar-refractivity contribution is 5.46. The Kier molecular flexibility index (Phi) is 3.20. The van der Waals surface area contributed by atoms with Gasteiger partial charge in [0.05, 0.1) is 6.07 Å². The number of hydrogen-bond acceptors (Lipinski definition) is 2. The van der Waals surface area contributed by atoms with Crippen LogP contribution in [0.15, 0.2) is 60.7 Å². The van der Waals surface area contributed by atoms with Crippen LogP contribution in [0, 0.1) is 17.2 Å². The van der Waals surface area contributed by atoms with Gasteiger partial charge in [0.15, 0.2) is 0 Å². The predicted octanol–water partition coefficient (Wildman–Crippen LogP) is 3.79. The van der Waals surface area contributed by atoms with E-state index in [2.05, 4.69) is 35.7 Å². The second-order valence-electron chi connectivity index (χ2n) is 5.03. The van der Waals surface area contributed by atoms with E-state index in [4.69, 9.17) is 0 Å². The third kappa shape index (κ3) is 2.61. The number of rotatable bonds is 4. The van der Waals surface area contributed by atoms with Crippen LogP contribution in [0.2, 0.25) is 0 Å². The lowest BCUT2D eigenvalue weighted by Crippen LogP contribution is -2.20. The molecule has 1 fully saturated rings. The molecular formula is C17H16N2. The molecule has 1 aliphatic carbocycles. The van der Waals surface area contributed by atoms with E-state index in [-0.39, 0.29) is 6.04 Å². The van der Waals surface area contributed by atoms with Crippen molar-refractivity contribution in [1.82, 2.24) is 0 Å². The van der Waals surface area contributed by atoms with Crippen LogP contribution in [-0.2, 0) is 0 Å². The molecule has 2 heteroatoms. The quantitative estimate of drug-likeness (QED) is 0.893. The topological polar surface area (TPSA) is 35.8 Å². The summed E-state index contributed by atoms with van der Waals surface area (Å²) in [6, 6.07) is 22.7. The number of benzene rings is 2. The molecule has 1 aliphatic rings. The molecule has 2 nitrogen and oxygen atoms in total. The van der Waals surface area contributed by atoms with Crippen LogP contribution in [0.5, 0.6) is 0 Å². The molecule has 3 atom stereocenters. The van der Waals surface area contributed by atoms with Gasteiger partial charge in [0.1, 0.15) is 6.04 Å². The molecule has 0 heterocycles. The lowest BCUT2D eigenvalue weighted by Gasteiger charge is -2.12. The van der Waals surface area contributed by atoms with Crippen molar-refractivity contribution in [2.24, 2.45) is 5.92 Å². The fourth-order valence-corrected chi connectivity index (χ4v) is 2.62. The summed E-state index contributed by atoms with van der Waals surface area (Å²) in [5.41, 5.74) is 2.37. The van der Waals surface area contributed by atoms with Crippen molar-refractivity contribution in [3.05, 3.63) is 66.2 Å². The van der Waals surface area contributed by atoms with E-state index < -0.39 is 0 Å². The summed E-state index contributed by atoms with van der Waals surface area (Å²) in [5, 5.41) is 12.7. The van der Waals surface area contributed by atoms with Crippen LogP contribution in [0.4, 0.5) is 5.69 Å². The lowest BCUT2D eigenvalue weighted by atomic mass is 10.1. The lowest BCUT2D eigenvalue weighted by molar-refractivity contribution is 0.739. The average molecular weight is 248 g/mol. The molecule has 1 saturated carbocycles. The second kappa shape index (κ2) is 5.16. The third-order valence-corrected chi connectivity index (χ3v) is 3.73. The van der Waals surface area contributed by atoms with Crippen molar-refractivity contribution >= 4 is 5.69 Å². The van der Waals surface area contributed by atoms with Gasteiger partial charge in [-0.15, -0.1) is 0 Å². The van der Waals surface area contributed by atoms with Crippen LogP contribution in [-0.4, -0.2) is 6.04 Å². The van der Waals surface area contributed by atoms with Crippen molar-refractivity contribution < 1.29 is 0 Å².